The maximum absolute atomic E-state index is 12.0. The molecule has 0 atom stereocenters. The molecule has 0 bridgehead atoms. The Labute approximate surface area is 116 Å². The van der Waals surface area contributed by atoms with Crippen LogP contribution in [-0.2, 0) is 0 Å². The second-order valence-corrected chi connectivity index (χ2v) is 5.13. The Morgan fingerprint density at radius 3 is 2.94 bits per heavy atom. The predicted molar refractivity (Wildman–Crippen MR) is 71.8 cm³/mol. The number of halogens is 2. The van der Waals surface area contributed by atoms with E-state index in [1.807, 2.05) is 6.07 Å². The lowest BCUT2D eigenvalue weighted by molar-refractivity contribution is 0.0989. The van der Waals surface area contributed by atoms with Gasteiger partial charge in [-0.2, -0.15) is 8.75 Å². The maximum Gasteiger partial charge on any atom is 0.279 e. The third-order valence-electron chi connectivity index (χ3n) is 2.15. The van der Waals surface area contributed by atoms with Gasteiger partial charge in [0, 0.05) is 11.5 Å². The first-order valence-electron chi connectivity index (χ1n) is 4.60. The van der Waals surface area contributed by atoms with Gasteiger partial charge in [-0.05, 0) is 18.2 Å². The Hall–Kier alpha value is -0.980. The zero-order valence-corrected chi connectivity index (χ0v) is 11.9. The molecule has 2 rings (SSSR count). The van der Waals surface area contributed by atoms with Gasteiger partial charge in [0.2, 0.25) is 0 Å². The van der Waals surface area contributed by atoms with E-state index in [0.717, 1.165) is 16.2 Å². The molecular formula is C10H7BrClN3OS. The summed E-state index contributed by atoms with van der Waals surface area (Å²) in [6, 6.07) is 5.32. The van der Waals surface area contributed by atoms with Crippen molar-refractivity contribution in [3.63, 3.8) is 0 Å². The summed E-state index contributed by atoms with van der Waals surface area (Å²) < 4.78 is 8.55. The number of nitrogens with zero attached hydrogens (tertiary/aromatic N) is 3. The van der Waals surface area contributed by atoms with E-state index >= 15 is 0 Å². The smallest absolute Gasteiger partial charge is 0.279 e. The van der Waals surface area contributed by atoms with Gasteiger partial charge in [0.05, 0.1) is 28.6 Å². The van der Waals surface area contributed by atoms with Crippen molar-refractivity contribution in [1.29, 1.82) is 0 Å². The lowest BCUT2D eigenvalue weighted by atomic mass is 10.3. The summed E-state index contributed by atoms with van der Waals surface area (Å²) >= 11 is 10.4. The second kappa shape index (κ2) is 5.12. The number of amides is 1. The molecule has 0 aliphatic heterocycles. The zero-order chi connectivity index (χ0) is 12.4. The molecule has 0 aliphatic carbocycles. The van der Waals surface area contributed by atoms with Crippen LogP contribution >= 0.6 is 39.3 Å². The first-order valence-corrected chi connectivity index (χ1v) is 6.50. The standard InChI is InChI=1S/C10H7BrClN3OS/c1-15(10(16)8-5-13-17-14-8)9-4-6(11)2-3-7(9)12/h2-5H,1H3. The quantitative estimate of drug-likeness (QED) is 0.848. The highest BCUT2D eigenvalue weighted by Gasteiger charge is 2.18. The van der Waals surface area contributed by atoms with Crippen LogP contribution in [0.25, 0.3) is 0 Å². The van der Waals surface area contributed by atoms with Gasteiger partial charge >= 0.3 is 0 Å². The van der Waals surface area contributed by atoms with Gasteiger partial charge in [-0.15, -0.1) is 0 Å². The van der Waals surface area contributed by atoms with Gasteiger partial charge in [0.25, 0.3) is 5.91 Å². The summed E-state index contributed by atoms with van der Waals surface area (Å²) in [6.45, 7) is 0. The van der Waals surface area contributed by atoms with Crippen LogP contribution in [0, 0.1) is 0 Å². The van der Waals surface area contributed by atoms with Crippen molar-refractivity contribution in [2.45, 2.75) is 0 Å². The molecule has 7 heteroatoms. The highest BCUT2D eigenvalue weighted by atomic mass is 79.9. The molecule has 0 radical (unpaired) electrons. The Bertz CT molecular complexity index is 546. The number of hydrogen-bond acceptors (Lipinski definition) is 4. The largest absolute Gasteiger partial charge is 0.308 e. The molecule has 2 aromatic rings. The minimum Gasteiger partial charge on any atom is -0.308 e. The average Bonchev–Trinajstić information content (AvgIpc) is 2.84. The van der Waals surface area contributed by atoms with E-state index in [9.17, 15) is 4.79 Å². The van der Waals surface area contributed by atoms with E-state index in [0.29, 0.717) is 16.4 Å². The Morgan fingerprint density at radius 1 is 1.53 bits per heavy atom. The lowest BCUT2D eigenvalue weighted by Gasteiger charge is -2.17. The molecule has 0 N–H and O–H groups in total. The van der Waals surface area contributed by atoms with Crippen LogP contribution in [0.1, 0.15) is 10.5 Å². The summed E-state index contributed by atoms with van der Waals surface area (Å²) in [6.07, 6.45) is 1.44. The summed E-state index contributed by atoms with van der Waals surface area (Å²) in [5.41, 5.74) is 0.938. The Morgan fingerprint density at radius 2 is 2.29 bits per heavy atom. The van der Waals surface area contributed by atoms with E-state index in [-0.39, 0.29) is 5.91 Å². The second-order valence-electron chi connectivity index (χ2n) is 3.25. The monoisotopic (exact) mass is 331 g/mol. The predicted octanol–water partition coefficient (Wildman–Crippen LogP) is 3.23. The number of anilines is 1. The van der Waals surface area contributed by atoms with Gasteiger partial charge in [-0.3, -0.25) is 4.79 Å². The number of benzene rings is 1. The van der Waals surface area contributed by atoms with Crippen LogP contribution in [-0.4, -0.2) is 21.7 Å². The van der Waals surface area contributed by atoms with Crippen molar-refractivity contribution in [2.75, 3.05) is 11.9 Å². The molecule has 1 aromatic carbocycles. The van der Waals surface area contributed by atoms with Crippen molar-refractivity contribution in [3.05, 3.63) is 39.6 Å². The molecule has 1 aromatic heterocycles. The van der Waals surface area contributed by atoms with E-state index in [4.69, 9.17) is 11.6 Å². The molecule has 88 valence electrons. The van der Waals surface area contributed by atoms with Gasteiger partial charge in [-0.25, -0.2) is 0 Å². The third kappa shape index (κ3) is 2.65. The Kier molecular flexibility index (Phi) is 3.76. The highest BCUT2D eigenvalue weighted by molar-refractivity contribution is 9.10. The molecule has 0 saturated heterocycles. The third-order valence-corrected chi connectivity index (χ3v) is 3.45. The molecule has 17 heavy (non-hydrogen) atoms. The molecule has 1 amide bonds. The summed E-state index contributed by atoms with van der Waals surface area (Å²) in [5, 5.41) is 0.507. The Balaban J connectivity index is 2.34. The summed E-state index contributed by atoms with van der Waals surface area (Å²) in [5.74, 6) is -0.237. The summed E-state index contributed by atoms with van der Waals surface area (Å²) in [4.78, 5) is 13.5. The average molecular weight is 333 g/mol. The molecule has 1 heterocycles. The SMILES string of the molecule is CN(C(=O)c1cnsn1)c1cc(Br)ccc1Cl. The van der Waals surface area contributed by atoms with Crippen molar-refractivity contribution in [3.8, 4) is 0 Å². The first-order chi connectivity index (χ1) is 8.09. The van der Waals surface area contributed by atoms with Crippen LogP contribution < -0.4 is 4.90 Å². The minimum atomic E-state index is -0.237. The molecule has 0 spiro atoms. The fourth-order valence-corrected chi connectivity index (χ4v) is 2.28. The van der Waals surface area contributed by atoms with Crippen molar-refractivity contribution in [1.82, 2.24) is 8.75 Å². The fraction of sp³-hybridized carbons (Fsp3) is 0.100. The molecule has 4 nitrogen and oxygen atoms in total. The van der Waals surface area contributed by atoms with Gasteiger partial charge in [-0.1, -0.05) is 27.5 Å². The molecule has 0 saturated carbocycles. The maximum atomic E-state index is 12.0. The normalized spacial score (nSPS) is 10.3. The molecule has 0 unspecified atom stereocenters. The zero-order valence-electron chi connectivity index (χ0n) is 8.72. The summed E-state index contributed by atoms with van der Waals surface area (Å²) in [7, 11) is 1.65. The van der Waals surface area contributed by atoms with Crippen LogP contribution in [0.15, 0.2) is 28.9 Å². The topological polar surface area (TPSA) is 46.1 Å². The van der Waals surface area contributed by atoms with Gasteiger partial charge < -0.3 is 4.90 Å². The number of hydrogen-bond donors (Lipinski definition) is 0. The van der Waals surface area contributed by atoms with E-state index < -0.39 is 0 Å². The number of aromatic nitrogens is 2. The van der Waals surface area contributed by atoms with Crippen LogP contribution in [0.4, 0.5) is 5.69 Å². The minimum absolute atomic E-state index is 0.237. The number of carbonyl (C=O) groups excluding carboxylic acids is 1. The van der Waals surface area contributed by atoms with Crippen molar-refractivity contribution in [2.24, 2.45) is 0 Å². The highest BCUT2D eigenvalue weighted by Crippen LogP contribution is 2.29. The molecule has 0 fully saturated rings. The lowest BCUT2D eigenvalue weighted by Crippen LogP contribution is -2.26. The van der Waals surface area contributed by atoms with Gasteiger partial charge in [0.15, 0.2) is 5.69 Å². The molecular weight excluding hydrogens is 326 g/mol. The van der Waals surface area contributed by atoms with Crippen LogP contribution in [0.2, 0.25) is 5.02 Å². The first kappa shape index (κ1) is 12.5. The van der Waals surface area contributed by atoms with Crippen molar-refractivity contribution < 1.29 is 4.79 Å². The van der Waals surface area contributed by atoms with E-state index in [1.165, 1.54) is 11.1 Å². The number of rotatable bonds is 2. The van der Waals surface area contributed by atoms with E-state index in [2.05, 4.69) is 24.7 Å². The van der Waals surface area contributed by atoms with Crippen LogP contribution in [0.5, 0.6) is 0 Å². The number of carbonyl (C=O) groups is 1. The molecule has 0 aliphatic rings. The van der Waals surface area contributed by atoms with E-state index in [1.54, 1.807) is 19.2 Å². The fourth-order valence-electron chi connectivity index (χ4n) is 1.28. The van der Waals surface area contributed by atoms with Crippen LogP contribution in [0.3, 0.4) is 0 Å². The van der Waals surface area contributed by atoms with Crippen molar-refractivity contribution >= 4 is 50.9 Å². The van der Waals surface area contributed by atoms with Gasteiger partial charge in [0.1, 0.15) is 0 Å².